The highest BCUT2D eigenvalue weighted by Gasteiger charge is 2.26. The van der Waals surface area contributed by atoms with Gasteiger partial charge < -0.3 is 14.5 Å². The largest absolute Gasteiger partial charge is 0.468 e. The fourth-order valence-corrected chi connectivity index (χ4v) is 3.54. The van der Waals surface area contributed by atoms with Gasteiger partial charge in [-0.25, -0.2) is 0 Å². The Hall–Kier alpha value is -1.69. The van der Waals surface area contributed by atoms with E-state index in [4.69, 9.17) is 0 Å². The van der Waals surface area contributed by atoms with Crippen molar-refractivity contribution in [1.29, 1.82) is 0 Å². The summed E-state index contributed by atoms with van der Waals surface area (Å²) >= 11 is 1.43. The number of ether oxygens (including phenoxy) is 1. The SMILES string of the molecule is COC(=O)CSCCC(=O)N1C[C@H](C)CN(C)c2ccccc21. The second-order valence-electron chi connectivity index (χ2n) is 5.86. The second-order valence-corrected chi connectivity index (χ2v) is 6.96. The van der Waals surface area contributed by atoms with Gasteiger partial charge in [0.15, 0.2) is 0 Å². The summed E-state index contributed by atoms with van der Waals surface area (Å²) in [5, 5.41) is 0. The molecule has 1 aliphatic heterocycles. The molecule has 0 spiro atoms. The molecule has 0 saturated carbocycles. The van der Waals surface area contributed by atoms with Crippen LogP contribution in [0.5, 0.6) is 0 Å². The second kappa shape index (κ2) is 8.24. The molecule has 6 heteroatoms. The third-order valence-corrected chi connectivity index (χ3v) is 4.81. The number of rotatable bonds is 5. The summed E-state index contributed by atoms with van der Waals surface area (Å²) in [6.45, 7) is 3.81. The number of hydrogen-bond donors (Lipinski definition) is 0. The van der Waals surface area contributed by atoms with Gasteiger partial charge >= 0.3 is 5.97 Å². The molecule has 0 saturated heterocycles. The number of amides is 1. The van der Waals surface area contributed by atoms with Gasteiger partial charge in [-0.3, -0.25) is 9.59 Å². The zero-order valence-corrected chi connectivity index (χ0v) is 14.8. The van der Waals surface area contributed by atoms with Gasteiger partial charge in [0, 0.05) is 32.3 Å². The number of para-hydroxylation sites is 2. The van der Waals surface area contributed by atoms with Crippen molar-refractivity contribution in [2.75, 3.05) is 48.6 Å². The molecule has 126 valence electrons. The van der Waals surface area contributed by atoms with Crippen molar-refractivity contribution in [3.8, 4) is 0 Å². The van der Waals surface area contributed by atoms with Gasteiger partial charge in [0.2, 0.25) is 5.91 Å². The number of benzene rings is 1. The van der Waals surface area contributed by atoms with Crippen LogP contribution in [0.3, 0.4) is 0 Å². The first-order valence-electron chi connectivity index (χ1n) is 7.78. The number of hydrogen-bond acceptors (Lipinski definition) is 5. The molecule has 1 aromatic rings. The standard InChI is InChI=1S/C17H24N2O3S/c1-13-10-18(2)14-6-4-5-7-15(14)19(11-13)16(20)8-9-23-12-17(21)22-3/h4-7,13H,8-12H2,1-3H3/t13-/m1/s1. The maximum absolute atomic E-state index is 12.7. The van der Waals surface area contributed by atoms with Crippen molar-refractivity contribution in [3.63, 3.8) is 0 Å². The Morgan fingerprint density at radius 3 is 2.65 bits per heavy atom. The van der Waals surface area contributed by atoms with Gasteiger partial charge in [-0.1, -0.05) is 19.1 Å². The molecule has 1 heterocycles. The Labute approximate surface area is 142 Å². The first kappa shape index (κ1) is 17.7. The van der Waals surface area contributed by atoms with Gasteiger partial charge in [-0.05, 0) is 18.1 Å². The van der Waals surface area contributed by atoms with Gasteiger partial charge in [0.25, 0.3) is 0 Å². The van der Waals surface area contributed by atoms with Crippen LogP contribution in [-0.2, 0) is 14.3 Å². The van der Waals surface area contributed by atoms with Crippen LogP contribution >= 0.6 is 11.8 Å². The highest BCUT2D eigenvalue weighted by molar-refractivity contribution is 7.99. The van der Waals surface area contributed by atoms with Crippen molar-refractivity contribution >= 4 is 35.0 Å². The first-order chi connectivity index (χ1) is 11.0. The Morgan fingerprint density at radius 2 is 1.96 bits per heavy atom. The maximum Gasteiger partial charge on any atom is 0.315 e. The molecule has 1 amide bonds. The summed E-state index contributed by atoms with van der Waals surface area (Å²) in [6, 6.07) is 8.03. The van der Waals surface area contributed by atoms with Crippen molar-refractivity contribution in [2.45, 2.75) is 13.3 Å². The van der Waals surface area contributed by atoms with Crippen molar-refractivity contribution in [1.82, 2.24) is 0 Å². The molecule has 0 aliphatic carbocycles. The van der Waals surface area contributed by atoms with Crippen LogP contribution < -0.4 is 9.80 Å². The average molecular weight is 336 g/mol. The number of nitrogens with zero attached hydrogens (tertiary/aromatic N) is 2. The molecule has 23 heavy (non-hydrogen) atoms. The van der Waals surface area contributed by atoms with E-state index < -0.39 is 0 Å². The van der Waals surface area contributed by atoms with E-state index in [2.05, 4.69) is 29.7 Å². The average Bonchev–Trinajstić information content (AvgIpc) is 2.68. The first-order valence-corrected chi connectivity index (χ1v) is 8.93. The van der Waals surface area contributed by atoms with E-state index in [1.165, 1.54) is 18.9 Å². The van der Waals surface area contributed by atoms with E-state index >= 15 is 0 Å². The fraction of sp³-hybridized carbons (Fsp3) is 0.529. The summed E-state index contributed by atoms with van der Waals surface area (Å²) in [5.41, 5.74) is 2.06. The van der Waals surface area contributed by atoms with E-state index in [-0.39, 0.29) is 11.9 Å². The zero-order valence-electron chi connectivity index (χ0n) is 13.9. The molecule has 0 radical (unpaired) electrons. The number of esters is 1. The smallest absolute Gasteiger partial charge is 0.315 e. The van der Waals surface area contributed by atoms with Gasteiger partial charge in [-0.2, -0.15) is 0 Å². The van der Waals surface area contributed by atoms with Crippen LogP contribution in [0, 0.1) is 5.92 Å². The third kappa shape index (κ3) is 4.64. The van der Waals surface area contributed by atoms with Crippen molar-refractivity contribution in [3.05, 3.63) is 24.3 Å². The lowest BCUT2D eigenvalue weighted by atomic mass is 10.1. The summed E-state index contributed by atoms with van der Waals surface area (Å²) in [6.07, 6.45) is 0.423. The number of anilines is 2. The Balaban J connectivity index is 2.03. The van der Waals surface area contributed by atoms with Gasteiger partial charge in [-0.15, -0.1) is 11.8 Å². The highest BCUT2D eigenvalue weighted by Crippen LogP contribution is 2.33. The minimum atomic E-state index is -0.252. The minimum absolute atomic E-state index is 0.108. The molecule has 2 rings (SSSR count). The summed E-state index contributed by atoms with van der Waals surface area (Å²) in [5.74, 6) is 1.17. The number of carbonyl (C=O) groups is 2. The van der Waals surface area contributed by atoms with E-state index in [9.17, 15) is 9.59 Å². The highest BCUT2D eigenvalue weighted by atomic mass is 32.2. The Morgan fingerprint density at radius 1 is 1.26 bits per heavy atom. The van der Waals surface area contributed by atoms with E-state index in [1.807, 2.05) is 23.1 Å². The molecule has 0 bridgehead atoms. The fourth-order valence-electron chi connectivity index (χ4n) is 2.79. The molecule has 1 aliphatic rings. The van der Waals surface area contributed by atoms with Gasteiger partial charge in [0.1, 0.15) is 0 Å². The van der Waals surface area contributed by atoms with Crippen molar-refractivity contribution < 1.29 is 14.3 Å². The molecular formula is C17H24N2O3S. The molecule has 1 aromatic carbocycles. The van der Waals surface area contributed by atoms with Crippen LogP contribution in [0.15, 0.2) is 24.3 Å². The van der Waals surface area contributed by atoms with E-state index in [0.29, 0.717) is 23.8 Å². The summed E-state index contributed by atoms with van der Waals surface area (Å²) < 4.78 is 4.60. The van der Waals surface area contributed by atoms with Gasteiger partial charge in [0.05, 0.1) is 24.2 Å². The Bertz CT molecular complexity index is 565. The number of thioether (sulfide) groups is 1. The number of methoxy groups -OCH3 is 1. The minimum Gasteiger partial charge on any atom is -0.468 e. The lowest BCUT2D eigenvalue weighted by molar-refractivity contribution is -0.137. The number of carbonyl (C=O) groups excluding carboxylic acids is 2. The van der Waals surface area contributed by atoms with Crippen molar-refractivity contribution in [2.24, 2.45) is 5.92 Å². The predicted molar refractivity (Wildman–Crippen MR) is 95.2 cm³/mol. The molecule has 1 atom stereocenters. The van der Waals surface area contributed by atoms with E-state index in [0.717, 1.165) is 24.5 Å². The quantitative estimate of drug-likeness (QED) is 0.610. The Kier molecular flexibility index (Phi) is 6.33. The third-order valence-electron chi connectivity index (χ3n) is 3.87. The topological polar surface area (TPSA) is 49.9 Å². The molecule has 0 aromatic heterocycles. The predicted octanol–water partition coefficient (Wildman–Crippen LogP) is 2.40. The normalized spacial score (nSPS) is 17.4. The maximum atomic E-state index is 12.7. The summed E-state index contributed by atoms with van der Waals surface area (Å²) in [7, 11) is 3.44. The number of fused-ring (bicyclic) bond motifs is 1. The van der Waals surface area contributed by atoms with Crippen LogP contribution in [0.1, 0.15) is 13.3 Å². The summed E-state index contributed by atoms with van der Waals surface area (Å²) in [4.78, 5) is 27.9. The molecule has 0 fully saturated rings. The lowest BCUT2D eigenvalue weighted by Gasteiger charge is -2.24. The van der Waals surface area contributed by atoms with E-state index in [1.54, 1.807) is 0 Å². The zero-order chi connectivity index (χ0) is 16.8. The van der Waals surface area contributed by atoms with Crippen LogP contribution in [0.4, 0.5) is 11.4 Å². The van der Waals surface area contributed by atoms with Crippen LogP contribution in [0.25, 0.3) is 0 Å². The monoisotopic (exact) mass is 336 g/mol. The van der Waals surface area contributed by atoms with Crippen LogP contribution in [-0.4, -0.2) is 50.6 Å². The lowest BCUT2D eigenvalue weighted by Crippen LogP contribution is -2.35. The molecular weight excluding hydrogens is 312 g/mol. The molecule has 0 unspecified atom stereocenters. The molecule has 0 N–H and O–H groups in total. The van der Waals surface area contributed by atoms with Crippen LogP contribution in [0.2, 0.25) is 0 Å². The molecule has 5 nitrogen and oxygen atoms in total.